The van der Waals surface area contributed by atoms with Crippen molar-refractivity contribution in [1.82, 2.24) is 0 Å². The molecular weight excluding hydrogens is 703 g/mol. The first-order chi connectivity index (χ1) is 28.7. The third-order valence-electron chi connectivity index (χ3n) is 11.5. The zero-order chi connectivity index (χ0) is 38.4. The van der Waals surface area contributed by atoms with Crippen LogP contribution in [0, 0.1) is 0 Å². The Morgan fingerprint density at radius 2 is 0.810 bits per heavy atom. The molecule has 0 bridgehead atoms. The van der Waals surface area contributed by atoms with Crippen molar-refractivity contribution in [2.75, 3.05) is 4.90 Å². The number of para-hydroxylation sites is 2. The average Bonchev–Trinajstić information content (AvgIpc) is 3.67. The summed E-state index contributed by atoms with van der Waals surface area (Å²) in [5.74, 6) is 0. The smallest absolute Gasteiger partial charge is 0.136 e. The topological polar surface area (TPSA) is 16.4 Å². The quantitative estimate of drug-likeness (QED) is 0.162. The maximum atomic E-state index is 6.58. The second-order valence-corrected chi connectivity index (χ2v) is 14.9. The van der Waals surface area contributed by atoms with E-state index in [4.69, 9.17) is 4.42 Å². The normalized spacial score (nSPS) is 11.4. The molecule has 0 fully saturated rings. The van der Waals surface area contributed by atoms with E-state index in [2.05, 4.69) is 229 Å². The van der Waals surface area contributed by atoms with Gasteiger partial charge in [-0.05, 0) is 103 Å². The summed E-state index contributed by atoms with van der Waals surface area (Å²) in [7, 11) is 0. The lowest BCUT2D eigenvalue weighted by Crippen LogP contribution is -2.12. The predicted octanol–water partition coefficient (Wildman–Crippen LogP) is 16.0. The Morgan fingerprint density at radius 3 is 1.57 bits per heavy atom. The fourth-order valence-electron chi connectivity index (χ4n) is 8.60. The number of fused-ring (bicyclic) bond motifs is 5. The summed E-state index contributed by atoms with van der Waals surface area (Å²) in [4.78, 5) is 2.43. The van der Waals surface area contributed by atoms with Gasteiger partial charge in [0.2, 0.25) is 0 Å². The van der Waals surface area contributed by atoms with Crippen LogP contribution in [0.5, 0.6) is 0 Å². The molecule has 10 aromatic carbocycles. The minimum atomic E-state index is 0.878. The lowest BCUT2D eigenvalue weighted by atomic mass is 9.95. The van der Waals surface area contributed by atoms with Crippen LogP contribution in [0.4, 0.5) is 17.1 Å². The fraction of sp³-hybridized carbons (Fsp3) is 0. The molecule has 0 N–H and O–H groups in total. The van der Waals surface area contributed by atoms with Gasteiger partial charge in [-0.3, -0.25) is 0 Å². The molecule has 11 aromatic rings. The molecule has 0 aliphatic rings. The van der Waals surface area contributed by atoms with Gasteiger partial charge in [0.1, 0.15) is 11.2 Å². The van der Waals surface area contributed by atoms with E-state index in [1.54, 1.807) is 0 Å². The molecule has 0 saturated carbocycles. The monoisotopic (exact) mass is 739 g/mol. The Kier molecular flexibility index (Phi) is 8.19. The highest BCUT2D eigenvalue weighted by Gasteiger charge is 2.23. The maximum Gasteiger partial charge on any atom is 0.136 e. The lowest BCUT2D eigenvalue weighted by Gasteiger charge is -2.30. The Balaban J connectivity index is 1.10. The lowest BCUT2D eigenvalue weighted by molar-refractivity contribution is 0.669. The number of hydrogen-bond donors (Lipinski definition) is 0. The van der Waals surface area contributed by atoms with Crippen molar-refractivity contribution >= 4 is 60.5 Å². The number of rotatable bonds is 7. The van der Waals surface area contributed by atoms with Crippen molar-refractivity contribution in [3.8, 4) is 44.5 Å². The van der Waals surface area contributed by atoms with Crippen LogP contribution in [0.2, 0.25) is 0 Å². The summed E-state index contributed by atoms with van der Waals surface area (Å²) in [6.45, 7) is 0. The molecule has 1 heterocycles. The van der Waals surface area contributed by atoms with Gasteiger partial charge in [-0.15, -0.1) is 0 Å². The molecule has 2 heteroatoms. The zero-order valence-corrected chi connectivity index (χ0v) is 31.7. The third-order valence-corrected chi connectivity index (χ3v) is 11.5. The minimum absolute atomic E-state index is 0.878. The summed E-state index contributed by atoms with van der Waals surface area (Å²) < 4.78 is 6.58. The van der Waals surface area contributed by atoms with E-state index >= 15 is 0 Å². The number of hydrogen-bond acceptors (Lipinski definition) is 2. The van der Waals surface area contributed by atoms with Gasteiger partial charge in [0, 0.05) is 27.6 Å². The van der Waals surface area contributed by atoms with Gasteiger partial charge in [0.25, 0.3) is 0 Å². The van der Waals surface area contributed by atoms with Crippen LogP contribution in [0.15, 0.2) is 229 Å². The van der Waals surface area contributed by atoms with E-state index in [0.29, 0.717) is 0 Å². The molecule has 0 saturated heterocycles. The highest BCUT2D eigenvalue weighted by molar-refractivity contribution is 6.16. The molecule has 0 aliphatic carbocycles. The van der Waals surface area contributed by atoms with Crippen LogP contribution < -0.4 is 4.90 Å². The van der Waals surface area contributed by atoms with Crippen LogP contribution in [0.25, 0.3) is 88.0 Å². The molecule has 0 amide bonds. The van der Waals surface area contributed by atoms with Crippen molar-refractivity contribution < 1.29 is 4.42 Å². The Bertz CT molecular complexity index is 3270. The summed E-state index contributed by atoms with van der Waals surface area (Å²) in [6, 6.07) is 80.7. The highest BCUT2D eigenvalue weighted by Crippen LogP contribution is 2.47. The Morgan fingerprint density at radius 1 is 0.293 bits per heavy atom. The molecule has 0 radical (unpaired) electrons. The number of furan rings is 1. The summed E-state index contributed by atoms with van der Waals surface area (Å²) >= 11 is 0. The van der Waals surface area contributed by atoms with Gasteiger partial charge >= 0.3 is 0 Å². The van der Waals surface area contributed by atoms with Gasteiger partial charge in [-0.2, -0.15) is 0 Å². The first-order valence-electron chi connectivity index (χ1n) is 19.8. The zero-order valence-electron chi connectivity index (χ0n) is 31.7. The average molecular weight is 740 g/mol. The summed E-state index contributed by atoms with van der Waals surface area (Å²) in [5.41, 5.74) is 14.3. The third kappa shape index (κ3) is 5.91. The first kappa shape index (κ1) is 33.6. The van der Waals surface area contributed by atoms with Crippen molar-refractivity contribution in [2.24, 2.45) is 0 Å². The van der Waals surface area contributed by atoms with Gasteiger partial charge in [-0.25, -0.2) is 0 Å². The van der Waals surface area contributed by atoms with E-state index in [9.17, 15) is 0 Å². The number of anilines is 3. The molecule has 2 nitrogen and oxygen atoms in total. The molecule has 1 aromatic heterocycles. The van der Waals surface area contributed by atoms with Crippen molar-refractivity contribution in [2.45, 2.75) is 0 Å². The van der Waals surface area contributed by atoms with Crippen LogP contribution in [0.3, 0.4) is 0 Å². The standard InChI is InChI=1S/C56H37NO/c1-2-13-38(14-3-1)40-25-28-42(29-26-40)48-19-8-10-22-52(48)57(47-33-31-41(32-34-47)46-30-27-39-15-4-5-16-43(39)35-46)53-23-11-9-20-49(53)50-21-12-24-54-56(50)51-36-44-17-6-7-18-45(44)37-55(51)58-54/h1-37H. The highest BCUT2D eigenvalue weighted by atomic mass is 16.3. The largest absolute Gasteiger partial charge is 0.456 e. The van der Waals surface area contributed by atoms with Crippen LogP contribution in [0.1, 0.15) is 0 Å². The second kappa shape index (κ2) is 14.1. The van der Waals surface area contributed by atoms with Crippen LogP contribution in [-0.2, 0) is 0 Å². The number of benzene rings is 10. The molecule has 272 valence electrons. The minimum Gasteiger partial charge on any atom is -0.456 e. The van der Waals surface area contributed by atoms with E-state index in [1.165, 1.54) is 43.8 Å². The van der Waals surface area contributed by atoms with Gasteiger partial charge in [0.15, 0.2) is 0 Å². The molecule has 0 atom stereocenters. The molecular formula is C56H37NO. The predicted molar refractivity (Wildman–Crippen MR) is 245 cm³/mol. The van der Waals surface area contributed by atoms with E-state index in [-0.39, 0.29) is 0 Å². The van der Waals surface area contributed by atoms with Gasteiger partial charge in [-0.1, -0.05) is 176 Å². The molecule has 58 heavy (non-hydrogen) atoms. The molecule has 0 spiro atoms. The van der Waals surface area contributed by atoms with Crippen molar-refractivity contribution in [3.63, 3.8) is 0 Å². The van der Waals surface area contributed by atoms with E-state index in [0.717, 1.165) is 61.3 Å². The van der Waals surface area contributed by atoms with Crippen LogP contribution in [-0.4, -0.2) is 0 Å². The maximum absolute atomic E-state index is 6.58. The Hall–Kier alpha value is -7.68. The first-order valence-corrected chi connectivity index (χ1v) is 19.8. The van der Waals surface area contributed by atoms with Crippen molar-refractivity contribution in [3.05, 3.63) is 224 Å². The van der Waals surface area contributed by atoms with Crippen LogP contribution >= 0.6 is 0 Å². The SMILES string of the molecule is c1ccc(-c2ccc(-c3ccccc3N(c3ccc(-c4ccc5ccccc5c4)cc3)c3ccccc3-c3cccc4oc5cc6ccccc6cc5c34)cc2)cc1. The molecule has 0 aliphatic heterocycles. The molecule has 11 rings (SSSR count). The van der Waals surface area contributed by atoms with Gasteiger partial charge < -0.3 is 9.32 Å². The van der Waals surface area contributed by atoms with E-state index < -0.39 is 0 Å². The van der Waals surface area contributed by atoms with Gasteiger partial charge in [0.05, 0.1) is 11.4 Å². The fourth-order valence-corrected chi connectivity index (χ4v) is 8.60. The summed E-state index contributed by atoms with van der Waals surface area (Å²) in [5, 5.41) is 7.08. The van der Waals surface area contributed by atoms with E-state index in [1.807, 2.05) is 0 Å². The van der Waals surface area contributed by atoms with Crippen molar-refractivity contribution in [1.29, 1.82) is 0 Å². The second-order valence-electron chi connectivity index (χ2n) is 14.9. The Labute approximate surface area is 337 Å². The molecule has 0 unspecified atom stereocenters. The summed E-state index contributed by atoms with van der Waals surface area (Å²) in [6.07, 6.45) is 0. The number of nitrogens with zero attached hydrogens (tertiary/aromatic N) is 1.